The standard InChI is InChI=1S/C97H148O17P2/c1-5-9-13-17-21-25-29-33-37-41-45-49-53-57-61-65-69-73-77-81-94(99)107-87-92(113-96(101)83-79-75-71-67-63-59-55-51-47-43-39-35-31-27-23-19-15-11-7-3)89-111-115(103,104)109-85-91(98)86-110-116(105,106)112-90-93(114-97(102)84-80-76-72-68-64-60-56-52-48-44-40-36-32-28-24-20-16-12-8-4)88-108-95(100)82-78-74-70-66-62-58-54-50-46-42-38-34-30-26-22-18-14-10-6-2/h9,11,13,15,21-28,33-40,45-52,57-64,70-72,74-76,91-93,98H,5-8,10,12,14,16-20,29-32,41-44,53-56,65-69,73,77-90H2,1-4H3,(H,103,104)(H,105,106)/b13-9-,15-11-,25-21-,26-22-,27-23-,28-24-,37-33-,38-34-,39-35-,40-36-,49-45-,50-46-,51-47-,52-48-,61-57-,62-58-,63-59-,64-60-,74-70-,75-71-,76-72-/t91-,92-,93-/m1/s1. The molecule has 0 aromatic heterocycles. The lowest BCUT2D eigenvalue weighted by molar-refractivity contribution is -0.161. The fourth-order valence-corrected chi connectivity index (χ4v) is 11.6. The van der Waals surface area contributed by atoms with E-state index in [1.54, 1.807) is 0 Å². The summed E-state index contributed by atoms with van der Waals surface area (Å²) < 4.78 is 68.5. The van der Waals surface area contributed by atoms with Crippen LogP contribution in [0.15, 0.2) is 255 Å². The van der Waals surface area contributed by atoms with Crippen molar-refractivity contribution in [3.8, 4) is 0 Å². The zero-order valence-electron chi connectivity index (χ0n) is 71.0. The number of rotatable bonds is 77. The molecule has 0 fully saturated rings. The van der Waals surface area contributed by atoms with Crippen molar-refractivity contribution >= 4 is 39.5 Å². The first-order valence-corrected chi connectivity index (χ1v) is 45.9. The van der Waals surface area contributed by atoms with Gasteiger partial charge in [0.2, 0.25) is 0 Å². The summed E-state index contributed by atoms with van der Waals surface area (Å²) in [5.41, 5.74) is 0. The van der Waals surface area contributed by atoms with Gasteiger partial charge in [0.15, 0.2) is 12.2 Å². The van der Waals surface area contributed by atoms with Gasteiger partial charge in [0.05, 0.1) is 26.4 Å². The van der Waals surface area contributed by atoms with Crippen molar-refractivity contribution in [2.45, 2.75) is 290 Å². The van der Waals surface area contributed by atoms with Crippen LogP contribution in [0.5, 0.6) is 0 Å². The Labute approximate surface area is 700 Å². The topological polar surface area (TPSA) is 237 Å². The van der Waals surface area contributed by atoms with Crippen molar-refractivity contribution in [2.75, 3.05) is 39.6 Å². The molecular formula is C97H148O17P2. The van der Waals surface area contributed by atoms with Gasteiger partial charge < -0.3 is 33.8 Å². The zero-order chi connectivity index (χ0) is 84.5. The Balaban J connectivity index is 5.67. The summed E-state index contributed by atoms with van der Waals surface area (Å²) in [6.07, 6.45) is 114. The molecule has 116 heavy (non-hydrogen) atoms. The van der Waals surface area contributed by atoms with Crippen LogP contribution >= 0.6 is 15.6 Å². The Morgan fingerprint density at radius 1 is 0.250 bits per heavy atom. The molecular weight excluding hydrogens is 1500 g/mol. The summed E-state index contributed by atoms with van der Waals surface area (Å²) in [5.74, 6) is -2.54. The largest absolute Gasteiger partial charge is 0.472 e. The molecule has 0 aliphatic heterocycles. The number of hydrogen-bond donors (Lipinski definition) is 3. The van der Waals surface area contributed by atoms with Crippen LogP contribution in [0.2, 0.25) is 0 Å². The number of phosphoric ester groups is 2. The highest BCUT2D eigenvalue weighted by atomic mass is 31.2. The Kier molecular flexibility index (Phi) is 80.0. The third-order valence-electron chi connectivity index (χ3n) is 16.5. The fraction of sp³-hybridized carbons (Fsp3) is 0.526. The van der Waals surface area contributed by atoms with E-state index in [-0.39, 0.29) is 25.7 Å². The number of carbonyl (C=O) groups is 4. The van der Waals surface area contributed by atoms with Crippen molar-refractivity contribution in [3.63, 3.8) is 0 Å². The number of aliphatic hydroxyl groups is 1. The predicted octanol–water partition coefficient (Wildman–Crippen LogP) is 26.1. The second kappa shape index (κ2) is 85.5. The summed E-state index contributed by atoms with van der Waals surface area (Å²) >= 11 is 0. The average molecular weight is 1650 g/mol. The number of phosphoric acid groups is 2. The lowest BCUT2D eigenvalue weighted by Gasteiger charge is -2.21. The van der Waals surface area contributed by atoms with E-state index in [1.165, 1.54) is 38.5 Å². The van der Waals surface area contributed by atoms with E-state index in [0.29, 0.717) is 44.9 Å². The number of carbonyl (C=O) groups excluding carboxylic acids is 4. The second-order valence-electron chi connectivity index (χ2n) is 27.3. The monoisotopic (exact) mass is 1650 g/mol. The van der Waals surface area contributed by atoms with Gasteiger partial charge in [0.25, 0.3) is 0 Å². The molecule has 648 valence electrons. The fourth-order valence-electron chi connectivity index (χ4n) is 10.1. The lowest BCUT2D eigenvalue weighted by atomic mass is 10.1. The molecule has 0 saturated carbocycles. The van der Waals surface area contributed by atoms with E-state index >= 15 is 0 Å². The van der Waals surface area contributed by atoms with Crippen molar-refractivity contribution in [1.82, 2.24) is 0 Å². The summed E-state index contributed by atoms with van der Waals surface area (Å²) in [5, 5.41) is 10.7. The van der Waals surface area contributed by atoms with Crippen LogP contribution in [0.1, 0.15) is 272 Å². The zero-order valence-corrected chi connectivity index (χ0v) is 72.8. The van der Waals surface area contributed by atoms with Gasteiger partial charge >= 0.3 is 39.5 Å². The molecule has 0 aromatic carbocycles. The maximum Gasteiger partial charge on any atom is 0.472 e. The molecule has 0 spiro atoms. The Morgan fingerprint density at radius 3 is 0.724 bits per heavy atom. The molecule has 0 saturated heterocycles. The average Bonchev–Trinajstić information content (AvgIpc) is 0.898. The van der Waals surface area contributed by atoms with Gasteiger partial charge in [-0.25, -0.2) is 9.13 Å². The van der Waals surface area contributed by atoms with Crippen molar-refractivity contribution in [3.05, 3.63) is 255 Å². The summed E-state index contributed by atoms with van der Waals surface area (Å²) in [4.78, 5) is 73.2. The first-order valence-electron chi connectivity index (χ1n) is 42.9. The van der Waals surface area contributed by atoms with Crippen LogP contribution in [0.4, 0.5) is 0 Å². The molecule has 0 heterocycles. The van der Waals surface area contributed by atoms with Crippen LogP contribution in [-0.4, -0.2) is 96.7 Å². The summed E-state index contributed by atoms with van der Waals surface area (Å²) in [6.45, 7) is 4.25. The van der Waals surface area contributed by atoms with Gasteiger partial charge in [-0.1, -0.05) is 315 Å². The Morgan fingerprint density at radius 2 is 0.466 bits per heavy atom. The molecule has 17 nitrogen and oxygen atoms in total. The summed E-state index contributed by atoms with van der Waals surface area (Å²) in [6, 6.07) is 0. The highest BCUT2D eigenvalue weighted by Crippen LogP contribution is 2.45. The second-order valence-corrected chi connectivity index (χ2v) is 30.2. The molecule has 2 unspecified atom stereocenters. The van der Waals surface area contributed by atoms with Crippen LogP contribution in [-0.2, 0) is 65.4 Å². The van der Waals surface area contributed by atoms with E-state index in [1.807, 2.05) is 54.7 Å². The third kappa shape index (κ3) is 84.5. The van der Waals surface area contributed by atoms with E-state index in [0.717, 1.165) is 135 Å². The summed E-state index contributed by atoms with van der Waals surface area (Å²) in [7, 11) is -10.1. The van der Waals surface area contributed by atoms with Crippen molar-refractivity contribution < 1.29 is 80.2 Å². The van der Waals surface area contributed by atoms with Crippen molar-refractivity contribution in [1.29, 1.82) is 0 Å². The number of ether oxygens (including phenoxy) is 4. The van der Waals surface area contributed by atoms with Gasteiger partial charge in [-0.15, -0.1) is 0 Å². The van der Waals surface area contributed by atoms with E-state index in [9.17, 15) is 43.2 Å². The molecule has 0 aliphatic carbocycles. The SMILES string of the molecule is CC/C=C\C/C=C\C/C=C\C/C=C\C/C=C\C/C=C\CCC(=O)O[C@H](COC(=O)CCCCC/C=C\C/C=C\C/C=C\C/C=C\C/C=C\CC)COP(=O)(O)OC[C@@H](O)COP(=O)(O)OC[C@@H](COC(=O)CC/C=C\C/C=C\C/C=C\C/C=C\C/C=C\CCCCC)OC(=O)CC/C=C\C/C=C\C/C=C\C/C=C\C/C=C\CCCCC. The Bertz CT molecular complexity index is 3210. The van der Waals surface area contributed by atoms with Crippen LogP contribution in [0.25, 0.3) is 0 Å². The van der Waals surface area contributed by atoms with E-state index < -0.39 is 97.5 Å². The van der Waals surface area contributed by atoms with Crippen molar-refractivity contribution in [2.24, 2.45) is 0 Å². The maximum absolute atomic E-state index is 13.1. The van der Waals surface area contributed by atoms with Gasteiger partial charge in [0.1, 0.15) is 19.3 Å². The number of esters is 4. The van der Waals surface area contributed by atoms with Gasteiger partial charge in [0, 0.05) is 25.7 Å². The quantitative estimate of drug-likeness (QED) is 0.0169. The lowest BCUT2D eigenvalue weighted by Crippen LogP contribution is -2.30. The van der Waals surface area contributed by atoms with E-state index in [2.05, 4.69) is 228 Å². The minimum Gasteiger partial charge on any atom is -0.462 e. The first kappa shape index (κ1) is 109. The predicted molar refractivity (Wildman–Crippen MR) is 481 cm³/mol. The molecule has 0 rings (SSSR count). The normalized spacial score (nSPS) is 15.0. The number of allylic oxidation sites excluding steroid dienone is 42. The van der Waals surface area contributed by atoms with E-state index in [4.69, 9.17) is 37.0 Å². The third-order valence-corrected chi connectivity index (χ3v) is 18.4. The molecule has 0 aliphatic rings. The molecule has 0 amide bonds. The number of aliphatic hydroxyl groups excluding tert-OH is 1. The minimum absolute atomic E-state index is 0.00862. The van der Waals surface area contributed by atoms with Crippen LogP contribution in [0.3, 0.4) is 0 Å². The smallest absolute Gasteiger partial charge is 0.462 e. The van der Waals surface area contributed by atoms with Gasteiger partial charge in [-0.2, -0.15) is 0 Å². The molecule has 3 N–H and O–H groups in total. The molecule has 0 bridgehead atoms. The number of hydrogen-bond acceptors (Lipinski definition) is 15. The molecule has 0 aromatic rings. The molecule has 19 heteroatoms. The minimum atomic E-state index is -5.04. The molecule has 5 atom stereocenters. The van der Waals surface area contributed by atoms with Gasteiger partial charge in [-0.05, 0) is 186 Å². The van der Waals surface area contributed by atoms with Crippen LogP contribution < -0.4 is 0 Å². The Hall–Kier alpha value is -7.40. The highest BCUT2D eigenvalue weighted by molar-refractivity contribution is 7.47. The number of unbranched alkanes of at least 4 members (excludes halogenated alkanes) is 9. The van der Waals surface area contributed by atoms with Gasteiger partial charge in [-0.3, -0.25) is 37.3 Å². The maximum atomic E-state index is 13.1. The van der Waals surface area contributed by atoms with Crippen LogP contribution in [0, 0.1) is 0 Å². The molecule has 0 radical (unpaired) electrons. The first-order chi connectivity index (χ1) is 56.7. The highest BCUT2D eigenvalue weighted by Gasteiger charge is 2.30.